The molecule has 0 bridgehead atoms. The van der Waals surface area contributed by atoms with Crippen LogP contribution in [0.1, 0.15) is 17.3 Å². The molecule has 0 saturated heterocycles. The normalized spacial score (nSPS) is 10.2. The number of aliphatic hydroxyl groups excluding tert-OH is 2. The van der Waals surface area contributed by atoms with Gasteiger partial charge in [0.2, 0.25) is 0 Å². The summed E-state index contributed by atoms with van der Waals surface area (Å²) in [7, 11) is 0. The lowest BCUT2D eigenvalue weighted by Gasteiger charge is -2.23. The van der Waals surface area contributed by atoms with Crippen LogP contribution in [-0.4, -0.2) is 42.3 Å². The molecule has 0 radical (unpaired) electrons. The molecular weight excluding hydrogens is 206 g/mol. The van der Waals surface area contributed by atoms with Gasteiger partial charge in [-0.2, -0.15) is 0 Å². The molecule has 0 fully saturated rings. The molecule has 1 rings (SSSR count). The Labute approximate surface area is 95.1 Å². The lowest BCUT2D eigenvalue weighted by atomic mass is 10.1. The van der Waals surface area contributed by atoms with E-state index in [-0.39, 0.29) is 19.0 Å². The number of aliphatic hydroxyl groups is 2. The Bertz CT molecular complexity index is 346. The van der Waals surface area contributed by atoms with Crippen molar-refractivity contribution in [3.8, 4) is 0 Å². The number of ketones is 1. The van der Waals surface area contributed by atoms with E-state index in [0.717, 1.165) is 5.69 Å². The Morgan fingerprint density at radius 1 is 1.25 bits per heavy atom. The first-order chi connectivity index (χ1) is 7.69. The van der Waals surface area contributed by atoms with E-state index in [1.54, 1.807) is 18.2 Å². The Morgan fingerprint density at radius 3 is 2.38 bits per heavy atom. The van der Waals surface area contributed by atoms with Gasteiger partial charge >= 0.3 is 0 Å². The summed E-state index contributed by atoms with van der Waals surface area (Å²) in [5.41, 5.74) is 1.48. The van der Waals surface area contributed by atoms with Crippen molar-refractivity contribution in [1.29, 1.82) is 0 Å². The lowest BCUT2D eigenvalue weighted by molar-refractivity contribution is 0.101. The molecular formula is C12H17NO3. The first-order valence-electron chi connectivity index (χ1n) is 5.26. The molecule has 0 aromatic heterocycles. The molecule has 0 aliphatic heterocycles. The van der Waals surface area contributed by atoms with Crippen LogP contribution in [0.2, 0.25) is 0 Å². The number of rotatable bonds is 6. The molecule has 0 aliphatic carbocycles. The molecule has 0 unspecified atom stereocenters. The fourth-order valence-corrected chi connectivity index (χ4v) is 1.53. The molecule has 88 valence electrons. The van der Waals surface area contributed by atoms with Crippen LogP contribution in [0, 0.1) is 0 Å². The van der Waals surface area contributed by atoms with Crippen LogP contribution >= 0.6 is 0 Å². The standard InChI is InChI=1S/C12H17NO3/c1-10(16)11-3-2-4-12(9-11)13(5-7-14)6-8-15/h2-4,9,14-15H,5-8H2,1H3. The van der Waals surface area contributed by atoms with Gasteiger partial charge in [0.1, 0.15) is 0 Å². The summed E-state index contributed by atoms with van der Waals surface area (Å²) in [6.07, 6.45) is 0. The van der Waals surface area contributed by atoms with E-state index < -0.39 is 0 Å². The van der Waals surface area contributed by atoms with Gasteiger partial charge < -0.3 is 15.1 Å². The minimum Gasteiger partial charge on any atom is -0.395 e. The van der Waals surface area contributed by atoms with Crippen LogP contribution in [0.5, 0.6) is 0 Å². The third kappa shape index (κ3) is 3.32. The molecule has 16 heavy (non-hydrogen) atoms. The van der Waals surface area contributed by atoms with E-state index in [1.165, 1.54) is 6.92 Å². The molecule has 4 nitrogen and oxygen atoms in total. The average Bonchev–Trinajstić information content (AvgIpc) is 2.29. The van der Waals surface area contributed by atoms with Crippen molar-refractivity contribution in [1.82, 2.24) is 0 Å². The third-order valence-corrected chi connectivity index (χ3v) is 2.36. The maximum atomic E-state index is 11.2. The molecule has 1 aromatic carbocycles. The van der Waals surface area contributed by atoms with E-state index >= 15 is 0 Å². The minimum atomic E-state index is 0.00907. The molecule has 4 heteroatoms. The zero-order valence-electron chi connectivity index (χ0n) is 9.39. The van der Waals surface area contributed by atoms with Crippen LogP contribution in [0.25, 0.3) is 0 Å². The fraction of sp³-hybridized carbons (Fsp3) is 0.417. The number of nitrogens with zero attached hydrogens (tertiary/aromatic N) is 1. The van der Waals surface area contributed by atoms with Crippen molar-refractivity contribution >= 4 is 11.5 Å². The van der Waals surface area contributed by atoms with Crippen LogP contribution in [0.4, 0.5) is 5.69 Å². The summed E-state index contributed by atoms with van der Waals surface area (Å²) in [6, 6.07) is 7.18. The van der Waals surface area contributed by atoms with Crippen molar-refractivity contribution in [2.24, 2.45) is 0 Å². The zero-order chi connectivity index (χ0) is 12.0. The number of benzene rings is 1. The second kappa shape index (κ2) is 6.25. The highest BCUT2D eigenvalue weighted by atomic mass is 16.3. The summed E-state index contributed by atoms with van der Waals surface area (Å²) in [6.45, 7) is 2.44. The largest absolute Gasteiger partial charge is 0.395 e. The number of hydrogen-bond donors (Lipinski definition) is 2. The van der Waals surface area contributed by atoms with Gasteiger partial charge in [-0.25, -0.2) is 0 Å². The third-order valence-electron chi connectivity index (χ3n) is 2.36. The predicted octanol–water partition coefficient (Wildman–Crippen LogP) is 0.680. The second-order valence-corrected chi connectivity index (χ2v) is 3.54. The molecule has 2 N–H and O–H groups in total. The monoisotopic (exact) mass is 223 g/mol. The predicted molar refractivity (Wildman–Crippen MR) is 62.8 cm³/mol. The van der Waals surface area contributed by atoms with Gasteiger partial charge in [0.15, 0.2) is 5.78 Å². The lowest BCUT2D eigenvalue weighted by Crippen LogP contribution is -2.29. The smallest absolute Gasteiger partial charge is 0.159 e. The SMILES string of the molecule is CC(=O)c1cccc(N(CCO)CCO)c1. The molecule has 0 spiro atoms. The summed E-state index contributed by atoms with van der Waals surface area (Å²) in [4.78, 5) is 13.1. The van der Waals surface area contributed by atoms with Gasteiger partial charge in [0.05, 0.1) is 13.2 Å². The minimum absolute atomic E-state index is 0.00907. The summed E-state index contributed by atoms with van der Waals surface area (Å²) < 4.78 is 0. The number of carbonyl (C=O) groups is 1. The van der Waals surface area contributed by atoms with Crippen LogP contribution in [-0.2, 0) is 0 Å². The Morgan fingerprint density at radius 2 is 1.88 bits per heavy atom. The van der Waals surface area contributed by atoms with Crippen LogP contribution < -0.4 is 4.90 Å². The molecule has 0 atom stereocenters. The Balaban J connectivity index is 2.90. The number of hydrogen-bond acceptors (Lipinski definition) is 4. The molecule has 1 aromatic rings. The van der Waals surface area contributed by atoms with Crippen molar-refractivity contribution in [2.75, 3.05) is 31.2 Å². The first kappa shape index (κ1) is 12.7. The maximum Gasteiger partial charge on any atom is 0.159 e. The van der Waals surface area contributed by atoms with Gasteiger partial charge in [-0.05, 0) is 19.1 Å². The van der Waals surface area contributed by atoms with E-state index in [1.807, 2.05) is 11.0 Å². The van der Waals surface area contributed by atoms with Crippen molar-refractivity contribution < 1.29 is 15.0 Å². The van der Waals surface area contributed by atoms with Crippen molar-refractivity contribution in [3.63, 3.8) is 0 Å². The average molecular weight is 223 g/mol. The zero-order valence-corrected chi connectivity index (χ0v) is 9.39. The number of anilines is 1. The fourth-order valence-electron chi connectivity index (χ4n) is 1.53. The summed E-state index contributed by atoms with van der Waals surface area (Å²) in [5.74, 6) is 0.00907. The van der Waals surface area contributed by atoms with E-state index in [9.17, 15) is 4.79 Å². The van der Waals surface area contributed by atoms with E-state index in [0.29, 0.717) is 18.7 Å². The number of carbonyl (C=O) groups excluding carboxylic acids is 1. The van der Waals surface area contributed by atoms with E-state index in [2.05, 4.69) is 0 Å². The summed E-state index contributed by atoms with van der Waals surface area (Å²) >= 11 is 0. The highest BCUT2D eigenvalue weighted by Gasteiger charge is 2.07. The highest BCUT2D eigenvalue weighted by molar-refractivity contribution is 5.94. The van der Waals surface area contributed by atoms with Gasteiger partial charge in [0, 0.05) is 24.3 Å². The van der Waals surface area contributed by atoms with Gasteiger partial charge in [-0.1, -0.05) is 12.1 Å². The molecule has 0 aliphatic rings. The molecule has 0 amide bonds. The second-order valence-electron chi connectivity index (χ2n) is 3.54. The summed E-state index contributed by atoms with van der Waals surface area (Å²) in [5, 5.41) is 17.8. The number of Topliss-reactive ketones (excluding diaryl/α,β-unsaturated/α-hetero) is 1. The molecule has 0 heterocycles. The quantitative estimate of drug-likeness (QED) is 0.696. The Hall–Kier alpha value is -1.39. The van der Waals surface area contributed by atoms with E-state index in [4.69, 9.17) is 10.2 Å². The van der Waals surface area contributed by atoms with Gasteiger partial charge in [0.25, 0.3) is 0 Å². The van der Waals surface area contributed by atoms with Crippen molar-refractivity contribution in [2.45, 2.75) is 6.92 Å². The van der Waals surface area contributed by atoms with Crippen LogP contribution in [0.3, 0.4) is 0 Å². The first-order valence-corrected chi connectivity index (χ1v) is 5.26. The highest BCUT2D eigenvalue weighted by Crippen LogP contribution is 2.16. The topological polar surface area (TPSA) is 60.8 Å². The van der Waals surface area contributed by atoms with Gasteiger partial charge in [-0.3, -0.25) is 4.79 Å². The van der Waals surface area contributed by atoms with Gasteiger partial charge in [-0.15, -0.1) is 0 Å². The molecule has 0 saturated carbocycles. The van der Waals surface area contributed by atoms with Crippen LogP contribution in [0.15, 0.2) is 24.3 Å². The van der Waals surface area contributed by atoms with Crippen molar-refractivity contribution in [3.05, 3.63) is 29.8 Å². The Kier molecular flexibility index (Phi) is 4.95. The maximum absolute atomic E-state index is 11.2.